The molecule has 5 heteroatoms. The molecule has 0 bridgehead atoms. The van der Waals surface area contributed by atoms with E-state index in [4.69, 9.17) is 11.6 Å². The van der Waals surface area contributed by atoms with E-state index in [2.05, 4.69) is 26.3 Å². The van der Waals surface area contributed by atoms with Gasteiger partial charge in [-0.25, -0.2) is 9.97 Å². The van der Waals surface area contributed by atoms with E-state index < -0.39 is 0 Å². The Morgan fingerprint density at radius 3 is 2.80 bits per heavy atom. The number of benzene rings is 1. The first-order valence-electron chi connectivity index (χ1n) is 6.31. The van der Waals surface area contributed by atoms with E-state index in [0.29, 0.717) is 5.15 Å². The smallest absolute Gasteiger partial charge is 0.139 e. The fraction of sp³-hybridized carbons (Fsp3) is 0.200. The van der Waals surface area contributed by atoms with Crippen molar-refractivity contribution < 1.29 is 0 Å². The molecule has 2 aromatic heterocycles. The van der Waals surface area contributed by atoms with Crippen LogP contribution in [0.5, 0.6) is 0 Å². The molecule has 0 aliphatic carbocycles. The van der Waals surface area contributed by atoms with Gasteiger partial charge in [-0.15, -0.1) is 11.3 Å². The maximum Gasteiger partial charge on any atom is 0.139 e. The molecule has 0 aliphatic rings. The Hall–Kier alpha value is -1.65. The summed E-state index contributed by atoms with van der Waals surface area (Å²) in [5, 5.41) is 5.78. The highest BCUT2D eigenvalue weighted by molar-refractivity contribution is 7.09. The van der Waals surface area contributed by atoms with Crippen LogP contribution in [0.3, 0.4) is 0 Å². The van der Waals surface area contributed by atoms with Crippen molar-refractivity contribution in [2.24, 2.45) is 0 Å². The Kier molecular flexibility index (Phi) is 3.59. The zero-order valence-electron chi connectivity index (χ0n) is 11.3. The quantitative estimate of drug-likeness (QED) is 0.676. The number of nitrogens with zero attached hydrogens (tertiary/aromatic N) is 3. The minimum Gasteiger partial charge on any atom is -0.354 e. The van der Waals surface area contributed by atoms with Crippen molar-refractivity contribution in [3.63, 3.8) is 0 Å². The number of pyridine rings is 1. The lowest BCUT2D eigenvalue weighted by molar-refractivity contribution is 0.872. The standard InChI is InChI=1S/C15H14ClN3S/c1-10-17-12(9-20-10)8-19(2)14-7-11-5-3-4-6-13(11)15(16)18-14/h3-7,9H,8H2,1-2H3. The summed E-state index contributed by atoms with van der Waals surface area (Å²) >= 11 is 7.93. The predicted octanol–water partition coefficient (Wildman–Crippen LogP) is 4.29. The zero-order chi connectivity index (χ0) is 14.1. The van der Waals surface area contributed by atoms with Gasteiger partial charge in [0, 0.05) is 17.8 Å². The van der Waals surface area contributed by atoms with Crippen molar-refractivity contribution in [3.8, 4) is 0 Å². The highest BCUT2D eigenvalue weighted by Crippen LogP contribution is 2.26. The lowest BCUT2D eigenvalue weighted by atomic mass is 10.2. The van der Waals surface area contributed by atoms with Gasteiger partial charge >= 0.3 is 0 Å². The molecule has 0 saturated heterocycles. The van der Waals surface area contributed by atoms with Crippen molar-refractivity contribution in [1.29, 1.82) is 0 Å². The van der Waals surface area contributed by atoms with Crippen molar-refractivity contribution >= 4 is 39.5 Å². The number of aromatic nitrogens is 2. The Balaban J connectivity index is 1.93. The molecule has 0 unspecified atom stereocenters. The molecule has 0 atom stereocenters. The molecule has 3 nitrogen and oxygen atoms in total. The first kappa shape index (κ1) is 13.3. The number of fused-ring (bicyclic) bond motifs is 1. The normalized spacial score (nSPS) is 10.9. The molecule has 0 saturated carbocycles. The van der Waals surface area contributed by atoms with Gasteiger partial charge in [-0.2, -0.15) is 0 Å². The van der Waals surface area contributed by atoms with E-state index in [1.54, 1.807) is 11.3 Å². The van der Waals surface area contributed by atoms with Gasteiger partial charge in [0.25, 0.3) is 0 Å². The van der Waals surface area contributed by atoms with Crippen LogP contribution in [0.25, 0.3) is 10.8 Å². The summed E-state index contributed by atoms with van der Waals surface area (Å²) in [4.78, 5) is 11.0. The number of aryl methyl sites for hydroxylation is 1. The van der Waals surface area contributed by atoms with Gasteiger partial charge in [-0.05, 0) is 18.4 Å². The summed E-state index contributed by atoms with van der Waals surface area (Å²) in [5.41, 5.74) is 1.06. The average Bonchev–Trinajstić information content (AvgIpc) is 2.84. The highest BCUT2D eigenvalue weighted by atomic mass is 35.5. The maximum atomic E-state index is 6.26. The van der Waals surface area contributed by atoms with Crippen molar-refractivity contribution in [2.75, 3.05) is 11.9 Å². The van der Waals surface area contributed by atoms with Crippen molar-refractivity contribution in [1.82, 2.24) is 9.97 Å². The van der Waals surface area contributed by atoms with Crippen LogP contribution >= 0.6 is 22.9 Å². The Labute approximate surface area is 126 Å². The van der Waals surface area contributed by atoms with Crippen LogP contribution in [0, 0.1) is 6.92 Å². The van der Waals surface area contributed by atoms with Gasteiger partial charge in [0.1, 0.15) is 11.0 Å². The fourth-order valence-corrected chi connectivity index (χ4v) is 3.01. The predicted molar refractivity (Wildman–Crippen MR) is 85.7 cm³/mol. The molecule has 20 heavy (non-hydrogen) atoms. The minimum atomic E-state index is 0.541. The van der Waals surface area contributed by atoms with Crippen LogP contribution < -0.4 is 4.90 Å². The number of halogens is 1. The molecule has 0 aliphatic heterocycles. The summed E-state index contributed by atoms with van der Waals surface area (Å²) < 4.78 is 0. The van der Waals surface area contributed by atoms with Gasteiger partial charge < -0.3 is 4.90 Å². The van der Waals surface area contributed by atoms with E-state index in [0.717, 1.165) is 33.8 Å². The molecular weight excluding hydrogens is 290 g/mol. The van der Waals surface area contributed by atoms with E-state index in [1.165, 1.54) is 0 Å². The summed E-state index contributed by atoms with van der Waals surface area (Å²) in [6.07, 6.45) is 0. The SMILES string of the molecule is Cc1nc(CN(C)c2cc3ccccc3c(Cl)n2)cs1. The monoisotopic (exact) mass is 303 g/mol. The van der Waals surface area contributed by atoms with Crippen LogP contribution in [0.2, 0.25) is 5.15 Å². The Bertz CT molecular complexity index is 754. The molecule has 3 aromatic rings. The second-order valence-electron chi connectivity index (χ2n) is 4.71. The molecule has 0 spiro atoms. The Morgan fingerprint density at radius 1 is 1.25 bits per heavy atom. The molecular formula is C15H14ClN3S. The van der Waals surface area contributed by atoms with E-state index in [-0.39, 0.29) is 0 Å². The van der Waals surface area contributed by atoms with Crippen molar-refractivity contribution in [3.05, 3.63) is 51.6 Å². The summed E-state index contributed by atoms with van der Waals surface area (Å²) in [6, 6.07) is 10.1. The highest BCUT2D eigenvalue weighted by Gasteiger charge is 2.09. The van der Waals surface area contributed by atoms with Gasteiger partial charge in [-0.3, -0.25) is 0 Å². The van der Waals surface area contributed by atoms with Gasteiger partial charge in [0.05, 0.1) is 17.2 Å². The van der Waals surface area contributed by atoms with Crippen LogP contribution in [-0.4, -0.2) is 17.0 Å². The number of hydrogen-bond donors (Lipinski definition) is 0. The van der Waals surface area contributed by atoms with Crippen LogP contribution in [0.4, 0.5) is 5.82 Å². The minimum absolute atomic E-state index is 0.541. The third-order valence-electron chi connectivity index (χ3n) is 3.14. The average molecular weight is 304 g/mol. The lowest BCUT2D eigenvalue weighted by Crippen LogP contribution is -2.18. The maximum absolute atomic E-state index is 6.26. The first-order chi connectivity index (χ1) is 9.63. The second-order valence-corrected chi connectivity index (χ2v) is 6.13. The molecule has 3 rings (SSSR count). The number of thiazole rings is 1. The van der Waals surface area contributed by atoms with Gasteiger partial charge in [0.15, 0.2) is 0 Å². The van der Waals surface area contributed by atoms with E-state index >= 15 is 0 Å². The van der Waals surface area contributed by atoms with Crippen molar-refractivity contribution in [2.45, 2.75) is 13.5 Å². The molecule has 1 aromatic carbocycles. The first-order valence-corrected chi connectivity index (χ1v) is 7.56. The van der Waals surface area contributed by atoms with Gasteiger partial charge in [0.2, 0.25) is 0 Å². The van der Waals surface area contributed by atoms with E-state index in [9.17, 15) is 0 Å². The summed E-state index contributed by atoms with van der Waals surface area (Å²) in [6.45, 7) is 2.74. The summed E-state index contributed by atoms with van der Waals surface area (Å²) in [7, 11) is 2.00. The fourth-order valence-electron chi connectivity index (χ4n) is 2.14. The summed E-state index contributed by atoms with van der Waals surface area (Å²) in [5.74, 6) is 0.861. The molecule has 0 amide bonds. The molecule has 2 heterocycles. The Morgan fingerprint density at radius 2 is 2.05 bits per heavy atom. The topological polar surface area (TPSA) is 29.0 Å². The lowest BCUT2D eigenvalue weighted by Gasteiger charge is -2.18. The van der Waals surface area contributed by atoms with Gasteiger partial charge in [-0.1, -0.05) is 35.9 Å². The molecule has 102 valence electrons. The third-order valence-corrected chi connectivity index (χ3v) is 4.25. The number of rotatable bonds is 3. The number of hydrogen-bond acceptors (Lipinski definition) is 4. The number of anilines is 1. The largest absolute Gasteiger partial charge is 0.354 e. The van der Waals surface area contributed by atoms with Crippen LogP contribution in [0.15, 0.2) is 35.7 Å². The third kappa shape index (κ3) is 2.62. The zero-order valence-corrected chi connectivity index (χ0v) is 12.9. The molecule has 0 radical (unpaired) electrons. The van der Waals surface area contributed by atoms with Crippen LogP contribution in [-0.2, 0) is 6.54 Å². The van der Waals surface area contributed by atoms with Crippen LogP contribution in [0.1, 0.15) is 10.7 Å². The molecule has 0 N–H and O–H groups in total. The van der Waals surface area contributed by atoms with E-state index in [1.807, 2.05) is 38.2 Å². The second kappa shape index (κ2) is 5.38. The molecule has 0 fully saturated rings.